The molecule has 0 spiro atoms. The van der Waals surface area contributed by atoms with Crippen LogP contribution >= 0.6 is 23.2 Å². The summed E-state index contributed by atoms with van der Waals surface area (Å²) >= 11 is 12.8. The third-order valence-corrected chi connectivity index (χ3v) is 6.43. The first-order valence-electron chi connectivity index (χ1n) is 10.9. The first kappa shape index (κ1) is 24.1. The smallest absolute Gasteiger partial charge is 0.160 e. The van der Waals surface area contributed by atoms with Crippen LogP contribution in [0, 0.1) is 0 Å². The molecule has 1 atom stereocenters. The summed E-state index contributed by atoms with van der Waals surface area (Å²) in [7, 11) is 0. The molecule has 0 radical (unpaired) electrons. The second-order valence-electron chi connectivity index (χ2n) is 8.07. The number of piperazine rings is 1. The number of halogens is 2. The van der Waals surface area contributed by atoms with Gasteiger partial charge in [0.25, 0.3) is 0 Å². The van der Waals surface area contributed by atoms with Crippen LogP contribution in [0.3, 0.4) is 0 Å². The number of nitrogens with two attached hydrogens (primary N) is 2. The minimum atomic E-state index is -0.351. The van der Waals surface area contributed by atoms with Gasteiger partial charge in [-0.15, -0.1) is 0 Å². The van der Waals surface area contributed by atoms with Gasteiger partial charge in [0.2, 0.25) is 0 Å². The van der Waals surface area contributed by atoms with E-state index in [2.05, 4.69) is 19.9 Å². The summed E-state index contributed by atoms with van der Waals surface area (Å²) in [5.74, 6) is 13.0. The number of pyridine rings is 1. The lowest BCUT2D eigenvalue weighted by Gasteiger charge is -2.42. The molecule has 5 N–H and O–H groups in total. The molecule has 1 aromatic heterocycles. The Morgan fingerprint density at radius 1 is 1.03 bits per heavy atom. The van der Waals surface area contributed by atoms with Crippen molar-refractivity contribution in [3.63, 3.8) is 0 Å². The standard InChI is InChI=1S/C24H27Cl2N7O/c25-20-14-29-15-21(26)23(20)32-11-9-31(10-12-32)22(18-7-4-8-19(34)13-18)24(30-27)33(28)16-17-5-2-1-3-6-17/h1-8,13-15,22,34H,9-12,16,27-28H2/b30-24-. The lowest BCUT2D eigenvalue weighted by Crippen LogP contribution is -2.53. The first-order valence-corrected chi connectivity index (χ1v) is 11.6. The maximum Gasteiger partial charge on any atom is 0.160 e. The van der Waals surface area contributed by atoms with Crippen molar-refractivity contribution in [2.75, 3.05) is 31.1 Å². The zero-order chi connectivity index (χ0) is 24.1. The van der Waals surface area contributed by atoms with Gasteiger partial charge >= 0.3 is 0 Å². The number of hydrogen-bond acceptors (Lipinski definition) is 7. The molecule has 10 heteroatoms. The SMILES string of the molecule is N/N=C(/C(c1cccc(O)c1)N1CCN(c2c(Cl)cncc2Cl)CC1)N(N)Cc1ccccc1. The molecular formula is C24H27Cl2N7O. The van der Waals surface area contributed by atoms with E-state index in [0.29, 0.717) is 48.6 Å². The van der Waals surface area contributed by atoms with Crippen molar-refractivity contribution in [3.05, 3.63) is 88.2 Å². The number of aromatic nitrogens is 1. The van der Waals surface area contributed by atoms with Crippen molar-refractivity contribution >= 4 is 34.7 Å². The van der Waals surface area contributed by atoms with Gasteiger partial charge in [-0.1, -0.05) is 65.7 Å². The highest BCUT2D eigenvalue weighted by Gasteiger charge is 2.32. The number of rotatable bonds is 6. The summed E-state index contributed by atoms with van der Waals surface area (Å²) in [6, 6.07) is 16.6. The molecule has 1 aliphatic heterocycles. The number of benzene rings is 2. The van der Waals surface area contributed by atoms with E-state index in [-0.39, 0.29) is 11.8 Å². The molecule has 2 aromatic carbocycles. The van der Waals surface area contributed by atoms with Crippen molar-refractivity contribution in [1.82, 2.24) is 14.9 Å². The summed E-state index contributed by atoms with van der Waals surface area (Å²) in [6.07, 6.45) is 3.19. The maximum absolute atomic E-state index is 10.2. The van der Waals surface area contributed by atoms with Crippen LogP contribution in [0.15, 0.2) is 72.1 Å². The van der Waals surface area contributed by atoms with Crippen LogP contribution in [-0.2, 0) is 6.54 Å². The summed E-state index contributed by atoms with van der Waals surface area (Å²) in [4.78, 5) is 8.43. The van der Waals surface area contributed by atoms with E-state index < -0.39 is 0 Å². The lowest BCUT2D eigenvalue weighted by molar-refractivity contribution is 0.213. The second-order valence-corrected chi connectivity index (χ2v) is 8.89. The minimum absolute atomic E-state index is 0.166. The number of nitrogens with zero attached hydrogens (tertiary/aromatic N) is 5. The molecule has 0 bridgehead atoms. The van der Waals surface area contributed by atoms with Crippen LogP contribution in [0.1, 0.15) is 17.2 Å². The Bertz CT molecular complexity index is 1120. The molecule has 1 fully saturated rings. The number of amidine groups is 1. The number of anilines is 1. The molecule has 0 amide bonds. The molecule has 0 saturated carbocycles. The number of hydrogen-bond donors (Lipinski definition) is 3. The quantitative estimate of drug-likeness (QED) is 0.206. The van der Waals surface area contributed by atoms with Gasteiger partial charge in [-0.3, -0.25) is 14.9 Å². The van der Waals surface area contributed by atoms with Crippen molar-refractivity contribution in [1.29, 1.82) is 0 Å². The number of phenolic OH excluding ortho intramolecular Hbond substituents is 1. The van der Waals surface area contributed by atoms with Crippen LogP contribution in [0.2, 0.25) is 10.0 Å². The van der Waals surface area contributed by atoms with Crippen molar-refractivity contribution in [2.45, 2.75) is 12.6 Å². The fraction of sp³-hybridized carbons (Fsp3) is 0.250. The van der Waals surface area contributed by atoms with Crippen LogP contribution in [0.5, 0.6) is 5.75 Å². The molecule has 1 saturated heterocycles. The number of hydrazine groups is 1. The Morgan fingerprint density at radius 2 is 1.71 bits per heavy atom. The molecule has 2 heterocycles. The van der Waals surface area contributed by atoms with E-state index in [1.54, 1.807) is 35.6 Å². The Kier molecular flexibility index (Phi) is 7.74. The summed E-state index contributed by atoms with van der Waals surface area (Å²) in [5.41, 5.74) is 2.66. The molecule has 3 aromatic rings. The normalized spacial score (nSPS) is 15.9. The maximum atomic E-state index is 10.2. The van der Waals surface area contributed by atoms with Gasteiger partial charge in [0, 0.05) is 38.6 Å². The summed E-state index contributed by atoms with van der Waals surface area (Å²) in [5, 5.41) is 16.9. The highest BCUT2D eigenvalue weighted by Crippen LogP contribution is 2.34. The van der Waals surface area contributed by atoms with Gasteiger partial charge in [-0.2, -0.15) is 5.10 Å². The lowest BCUT2D eigenvalue weighted by atomic mass is 10.0. The van der Waals surface area contributed by atoms with Crippen LogP contribution in [0.25, 0.3) is 0 Å². The fourth-order valence-corrected chi connectivity index (χ4v) is 4.90. The van der Waals surface area contributed by atoms with Gasteiger partial charge in [-0.25, -0.2) is 5.84 Å². The van der Waals surface area contributed by atoms with Gasteiger partial charge in [0.15, 0.2) is 5.84 Å². The zero-order valence-corrected chi connectivity index (χ0v) is 20.1. The molecule has 34 heavy (non-hydrogen) atoms. The van der Waals surface area contributed by atoms with Gasteiger partial charge in [-0.05, 0) is 23.3 Å². The summed E-state index contributed by atoms with van der Waals surface area (Å²) < 4.78 is 0. The van der Waals surface area contributed by atoms with Crippen molar-refractivity contribution in [2.24, 2.45) is 16.8 Å². The van der Waals surface area contributed by atoms with E-state index in [1.165, 1.54) is 0 Å². The molecule has 8 nitrogen and oxygen atoms in total. The Balaban J connectivity index is 1.59. The average molecular weight is 500 g/mol. The van der Waals surface area contributed by atoms with E-state index in [9.17, 15) is 5.11 Å². The predicted octanol–water partition coefficient (Wildman–Crippen LogP) is 3.61. The molecule has 1 aliphatic rings. The van der Waals surface area contributed by atoms with E-state index in [4.69, 9.17) is 34.9 Å². The van der Waals surface area contributed by atoms with E-state index in [0.717, 1.165) is 16.8 Å². The predicted molar refractivity (Wildman–Crippen MR) is 137 cm³/mol. The molecular weight excluding hydrogens is 473 g/mol. The number of phenols is 1. The van der Waals surface area contributed by atoms with E-state index in [1.807, 2.05) is 36.4 Å². The molecule has 4 rings (SSSR count). The third-order valence-electron chi connectivity index (χ3n) is 5.88. The van der Waals surface area contributed by atoms with Gasteiger partial charge < -0.3 is 15.8 Å². The zero-order valence-electron chi connectivity index (χ0n) is 18.6. The van der Waals surface area contributed by atoms with Crippen molar-refractivity contribution in [3.8, 4) is 5.75 Å². The summed E-state index contributed by atoms with van der Waals surface area (Å²) in [6.45, 7) is 3.15. The van der Waals surface area contributed by atoms with Crippen molar-refractivity contribution < 1.29 is 5.11 Å². The largest absolute Gasteiger partial charge is 0.508 e. The Hall–Kier alpha value is -3.04. The Labute approximate surface area is 209 Å². The van der Waals surface area contributed by atoms with Crippen LogP contribution in [-0.4, -0.2) is 52.0 Å². The Morgan fingerprint density at radius 3 is 2.32 bits per heavy atom. The minimum Gasteiger partial charge on any atom is -0.508 e. The van der Waals surface area contributed by atoms with Crippen LogP contribution < -0.4 is 16.6 Å². The average Bonchev–Trinajstić information content (AvgIpc) is 2.83. The molecule has 1 unspecified atom stereocenters. The number of aromatic hydroxyl groups is 1. The van der Waals surface area contributed by atoms with Gasteiger partial charge in [0.1, 0.15) is 5.75 Å². The first-order chi connectivity index (χ1) is 16.5. The van der Waals surface area contributed by atoms with Gasteiger partial charge in [0.05, 0.1) is 28.3 Å². The third kappa shape index (κ3) is 5.37. The van der Waals surface area contributed by atoms with Crippen LogP contribution in [0.4, 0.5) is 5.69 Å². The highest BCUT2D eigenvalue weighted by atomic mass is 35.5. The van der Waals surface area contributed by atoms with E-state index >= 15 is 0 Å². The topological polar surface area (TPSA) is 107 Å². The highest BCUT2D eigenvalue weighted by molar-refractivity contribution is 6.38. The molecule has 178 valence electrons. The monoisotopic (exact) mass is 499 g/mol. The second kappa shape index (κ2) is 10.9. The fourth-order valence-electron chi connectivity index (χ4n) is 4.29. The molecule has 0 aliphatic carbocycles. The number of hydrazone groups is 1.